The summed E-state index contributed by atoms with van der Waals surface area (Å²) in [6.45, 7) is 4.32. The van der Waals surface area contributed by atoms with Crippen molar-refractivity contribution in [2.75, 3.05) is 20.8 Å². The number of carbonyl (C=O) groups excluding carboxylic acids is 1. The quantitative estimate of drug-likeness (QED) is 0.766. The molecule has 1 aromatic rings. The zero-order valence-corrected chi connectivity index (χ0v) is 14.8. The number of sulfonamides is 1. The van der Waals surface area contributed by atoms with Crippen LogP contribution in [0.15, 0.2) is 23.1 Å². The number of ether oxygens (including phenoxy) is 2. The van der Waals surface area contributed by atoms with Crippen molar-refractivity contribution in [2.45, 2.75) is 43.5 Å². The molecule has 2 rings (SSSR count). The van der Waals surface area contributed by atoms with Gasteiger partial charge in [-0.25, -0.2) is 8.42 Å². The molecule has 0 N–H and O–H groups in total. The molecule has 1 saturated heterocycles. The summed E-state index contributed by atoms with van der Waals surface area (Å²) in [4.78, 5) is 11.8. The maximum absolute atomic E-state index is 13.1. The molecule has 0 aromatic heterocycles. The van der Waals surface area contributed by atoms with E-state index in [0.717, 1.165) is 12.8 Å². The van der Waals surface area contributed by atoms with E-state index in [1.165, 1.54) is 24.6 Å². The second-order valence-electron chi connectivity index (χ2n) is 6.22. The zero-order chi connectivity index (χ0) is 17.3. The van der Waals surface area contributed by atoms with Gasteiger partial charge in [0.05, 0.1) is 25.5 Å². The van der Waals surface area contributed by atoms with Crippen LogP contribution in [0.25, 0.3) is 0 Å². The fourth-order valence-electron chi connectivity index (χ4n) is 2.95. The highest BCUT2D eigenvalue weighted by atomic mass is 32.2. The standard InChI is InChI=1S/C16H23NO5S/c1-16(2)8-5-9-17(16)23(19,20)14-7-6-13(21-3)10-12(14)11-15(18)22-4/h6-7,10H,5,8-9,11H2,1-4H3. The second kappa shape index (κ2) is 6.49. The minimum Gasteiger partial charge on any atom is -0.497 e. The lowest BCUT2D eigenvalue weighted by atomic mass is 10.0. The van der Waals surface area contributed by atoms with Gasteiger partial charge in [-0.2, -0.15) is 4.31 Å². The molecule has 0 radical (unpaired) electrons. The largest absolute Gasteiger partial charge is 0.497 e. The molecule has 1 aliphatic rings. The minimum atomic E-state index is -3.69. The summed E-state index contributed by atoms with van der Waals surface area (Å²) in [5.74, 6) is 0.0129. The lowest BCUT2D eigenvalue weighted by Gasteiger charge is -2.31. The normalized spacial score (nSPS) is 17.9. The van der Waals surface area contributed by atoms with Gasteiger partial charge in [-0.05, 0) is 50.5 Å². The van der Waals surface area contributed by atoms with E-state index < -0.39 is 21.5 Å². The van der Waals surface area contributed by atoms with Crippen molar-refractivity contribution in [3.63, 3.8) is 0 Å². The summed E-state index contributed by atoms with van der Waals surface area (Å²) in [5.41, 5.74) is -0.0414. The summed E-state index contributed by atoms with van der Waals surface area (Å²) >= 11 is 0. The zero-order valence-electron chi connectivity index (χ0n) is 14.0. The van der Waals surface area contributed by atoms with E-state index in [4.69, 9.17) is 4.74 Å². The van der Waals surface area contributed by atoms with Gasteiger partial charge in [-0.15, -0.1) is 0 Å². The van der Waals surface area contributed by atoms with Crippen LogP contribution in [0.2, 0.25) is 0 Å². The molecule has 1 heterocycles. The number of benzene rings is 1. The third-order valence-corrected chi connectivity index (χ3v) is 6.43. The Bertz CT molecular complexity index is 696. The van der Waals surface area contributed by atoms with Crippen LogP contribution in [0.1, 0.15) is 32.3 Å². The second-order valence-corrected chi connectivity index (χ2v) is 8.05. The average Bonchev–Trinajstić information content (AvgIpc) is 2.86. The lowest BCUT2D eigenvalue weighted by Crippen LogP contribution is -2.42. The number of carbonyl (C=O) groups is 1. The fraction of sp³-hybridized carbons (Fsp3) is 0.562. The smallest absolute Gasteiger partial charge is 0.310 e. The first-order chi connectivity index (χ1) is 10.7. The Kier molecular flexibility index (Phi) is 5.01. The van der Waals surface area contributed by atoms with Gasteiger partial charge in [0.2, 0.25) is 10.0 Å². The molecule has 0 spiro atoms. The summed E-state index contributed by atoms with van der Waals surface area (Å²) in [5, 5.41) is 0. The Morgan fingerprint density at radius 2 is 2.00 bits per heavy atom. The molecule has 0 aliphatic carbocycles. The Hall–Kier alpha value is -1.60. The van der Waals surface area contributed by atoms with Gasteiger partial charge in [0, 0.05) is 12.1 Å². The van der Waals surface area contributed by atoms with E-state index in [2.05, 4.69) is 4.74 Å². The third-order valence-electron chi connectivity index (χ3n) is 4.22. The molecule has 6 nitrogen and oxygen atoms in total. The predicted octanol–water partition coefficient (Wildman–Crippen LogP) is 1.97. The van der Waals surface area contributed by atoms with Crippen molar-refractivity contribution in [3.8, 4) is 5.75 Å². The molecule has 0 bridgehead atoms. The maximum Gasteiger partial charge on any atom is 0.310 e. The van der Waals surface area contributed by atoms with Crippen molar-refractivity contribution in [3.05, 3.63) is 23.8 Å². The molecule has 0 atom stereocenters. The van der Waals surface area contributed by atoms with Gasteiger partial charge in [-0.3, -0.25) is 4.79 Å². The topological polar surface area (TPSA) is 72.9 Å². The first kappa shape index (κ1) is 17.7. The number of hydrogen-bond acceptors (Lipinski definition) is 5. The minimum absolute atomic E-state index is 0.115. The molecule has 1 fully saturated rings. The lowest BCUT2D eigenvalue weighted by molar-refractivity contribution is -0.139. The number of hydrogen-bond donors (Lipinski definition) is 0. The van der Waals surface area contributed by atoms with Crippen molar-refractivity contribution in [2.24, 2.45) is 0 Å². The number of nitrogens with zero attached hydrogens (tertiary/aromatic N) is 1. The van der Waals surface area contributed by atoms with Crippen LogP contribution in [0.4, 0.5) is 0 Å². The molecule has 0 saturated carbocycles. The van der Waals surface area contributed by atoms with Gasteiger partial charge in [0.25, 0.3) is 0 Å². The van der Waals surface area contributed by atoms with E-state index in [9.17, 15) is 13.2 Å². The van der Waals surface area contributed by atoms with Gasteiger partial charge in [0.15, 0.2) is 0 Å². The molecule has 1 aliphatic heterocycles. The van der Waals surface area contributed by atoms with Gasteiger partial charge >= 0.3 is 5.97 Å². The van der Waals surface area contributed by atoms with Crippen LogP contribution in [0, 0.1) is 0 Å². The first-order valence-electron chi connectivity index (χ1n) is 7.49. The van der Waals surface area contributed by atoms with E-state index in [1.807, 2.05) is 13.8 Å². The number of methoxy groups -OCH3 is 2. The molecule has 0 unspecified atom stereocenters. The van der Waals surface area contributed by atoms with E-state index in [-0.39, 0.29) is 11.3 Å². The first-order valence-corrected chi connectivity index (χ1v) is 8.93. The highest BCUT2D eigenvalue weighted by Crippen LogP contribution is 2.35. The molecular weight excluding hydrogens is 318 g/mol. The predicted molar refractivity (Wildman–Crippen MR) is 85.9 cm³/mol. The van der Waals surface area contributed by atoms with E-state index in [1.54, 1.807) is 12.1 Å². The van der Waals surface area contributed by atoms with Crippen LogP contribution in [0.5, 0.6) is 5.75 Å². The summed E-state index contributed by atoms with van der Waals surface area (Å²) in [6, 6.07) is 4.67. The van der Waals surface area contributed by atoms with E-state index in [0.29, 0.717) is 17.9 Å². The highest BCUT2D eigenvalue weighted by molar-refractivity contribution is 7.89. The summed E-state index contributed by atoms with van der Waals surface area (Å²) in [6.07, 6.45) is 1.53. The number of rotatable bonds is 5. The van der Waals surface area contributed by atoms with Crippen molar-refractivity contribution >= 4 is 16.0 Å². The van der Waals surface area contributed by atoms with Gasteiger partial charge in [0.1, 0.15) is 5.75 Å². The molecule has 23 heavy (non-hydrogen) atoms. The van der Waals surface area contributed by atoms with Crippen molar-refractivity contribution in [1.29, 1.82) is 0 Å². The Labute approximate surface area is 137 Å². The Balaban J connectivity index is 2.50. The monoisotopic (exact) mass is 341 g/mol. The Morgan fingerprint density at radius 1 is 1.30 bits per heavy atom. The van der Waals surface area contributed by atoms with Crippen molar-refractivity contribution in [1.82, 2.24) is 4.31 Å². The van der Waals surface area contributed by atoms with Crippen LogP contribution < -0.4 is 4.74 Å². The molecule has 7 heteroatoms. The van der Waals surface area contributed by atoms with Crippen LogP contribution in [-0.2, 0) is 26.0 Å². The summed E-state index contributed by atoms with van der Waals surface area (Å²) < 4.78 is 37.5. The fourth-order valence-corrected chi connectivity index (χ4v) is 5.00. The highest BCUT2D eigenvalue weighted by Gasteiger charge is 2.41. The van der Waals surface area contributed by atoms with Crippen LogP contribution >= 0.6 is 0 Å². The SMILES string of the molecule is COC(=O)Cc1cc(OC)ccc1S(=O)(=O)N1CCCC1(C)C. The van der Waals surface area contributed by atoms with Crippen LogP contribution in [0.3, 0.4) is 0 Å². The maximum atomic E-state index is 13.1. The van der Waals surface area contributed by atoms with Gasteiger partial charge in [-0.1, -0.05) is 0 Å². The molecule has 1 aromatic carbocycles. The third kappa shape index (κ3) is 3.50. The average molecular weight is 341 g/mol. The molecular formula is C16H23NO5S. The molecule has 0 amide bonds. The van der Waals surface area contributed by atoms with Gasteiger partial charge < -0.3 is 9.47 Å². The Morgan fingerprint density at radius 3 is 2.52 bits per heavy atom. The van der Waals surface area contributed by atoms with Crippen molar-refractivity contribution < 1.29 is 22.7 Å². The number of esters is 1. The molecule has 128 valence electrons. The summed E-state index contributed by atoms with van der Waals surface area (Å²) in [7, 11) is -0.913. The van der Waals surface area contributed by atoms with E-state index >= 15 is 0 Å². The van der Waals surface area contributed by atoms with Crippen LogP contribution in [-0.4, -0.2) is 45.0 Å².